The van der Waals surface area contributed by atoms with Gasteiger partial charge in [-0.3, -0.25) is 0 Å². The molecule has 0 spiro atoms. The highest BCUT2D eigenvalue weighted by molar-refractivity contribution is 6.34. The molecule has 1 aliphatic heterocycles. The van der Waals surface area contributed by atoms with E-state index in [4.69, 9.17) is 25.8 Å². The molecule has 0 aromatic heterocycles. The lowest BCUT2D eigenvalue weighted by atomic mass is 10.1. The number of aliphatic imine (C=N–C) groups is 1. The molecule has 0 fully saturated rings. The average Bonchev–Trinajstić information content (AvgIpc) is 3.06. The van der Waals surface area contributed by atoms with Crippen molar-refractivity contribution in [2.45, 2.75) is 0 Å². The molecule has 1 aliphatic rings. The van der Waals surface area contributed by atoms with Gasteiger partial charge in [0, 0.05) is 11.6 Å². The number of benzene rings is 2. The van der Waals surface area contributed by atoms with E-state index in [1.807, 2.05) is 0 Å². The first-order valence-electron chi connectivity index (χ1n) is 8.51. The fourth-order valence-electron chi connectivity index (χ4n) is 2.46. The highest BCUT2D eigenvalue weighted by atomic mass is 35.5. The Balaban J connectivity index is 1.94. The highest BCUT2D eigenvalue weighted by Gasteiger charge is 2.25. The molecule has 2 aromatic rings. The number of rotatable bonds is 8. The molecule has 0 bridgehead atoms. The third-order valence-electron chi connectivity index (χ3n) is 3.73. The molecule has 1 heterocycles. The number of esters is 1. The van der Waals surface area contributed by atoms with Crippen molar-refractivity contribution in [1.82, 2.24) is 0 Å². The molecule has 0 aliphatic carbocycles. The summed E-state index contributed by atoms with van der Waals surface area (Å²) in [5.74, 6) is 0.761. The molecule has 28 heavy (non-hydrogen) atoms. The summed E-state index contributed by atoms with van der Waals surface area (Å²) in [6.07, 6.45) is 4.88. The summed E-state index contributed by atoms with van der Waals surface area (Å²) in [7, 11) is 0. The Kier molecular flexibility index (Phi) is 6.29. The van der Waals surface area contributed by atoms with Crippen molar-refractivity contribution in [3.63, 3.8) is 0 Å². The Morgan fingerprint density at radius 3 is 2.57 bits per heavy atom. The first-order chi connectivity index (χ1) is 13.6. The third-order valence-corrected chi connectivity index (χ3v) is 4.06. The Labute approximate surface area is 168 Å². The fourth-order valence-corrected chi connectivity index (χ4v) is 2.68. The van der Waals surface area contributed by atoms with E-state index in [0.717, 1.165) is 0 Å². The maximum Gasteiger partial charge on any atom is 0.363 e. The van der Waals surface area contributed by atoms with Gasteiger partial charge in [0.05, 0.1) is 10.6 Å². The number of nitrogens with zero attached hydrogens (tertiary/aromatic N) is 1. The monoisotopic (exact) mass is 395 g/mol. The molecule has 0 radical (unpaired) electrons. The normalized spacial score (nSPS) is 14.4. The minimum absolute atomic E-state index is 0.151. The van der Waals surface area contributed by atoms with Crippen LogP contribution in [-0.4, -0.2) is 25.1 Å². The van der Waals surface area contributed by atoms with Gasteiger partial charge in [0.25, 0.3) is 0 Å². The average molecular weight is 396 g/mol. The van der Waals surface area contributed by atoms with E-state index in [1.54, 1.807) is 60.7 Å². The molecular formula is C22H18ClNO4. The molecule has 0 saturated carbocycles. The maximum atomic E-state index is 12.3. The Bertz CT molecular complexity index is 978. The van der Waals surface area contributed by atoms with Crippen LogP contribution in [0.15, 0.2) is 78.5 Å². The van der Waals surface area contributed by atoms with Crippen molar-refractivity contribution in [1.29, 1.82) is 0 Å². The number of ether oxygens (including phenoxy) is 3. The van der Waals surface area contributed by atoms with Gasteiger partial charge in [-0.25, -0.2) is 9.79 Å². The zero-order valence-electron chi connectivity index (χ0n) is 15.1. The summed E-state index contributed by atoms with van der Waals surface area (Å²) in [5.41, 5.74) is 1.36. The molecule has 0 saturated heterocycles. The third kappa shape index (κ3) is 4.50. The molecule has 0 unspecified atom stereocenters. The second kappa shape index (κ2) is 9.06. The summed E-state index contributed by atoms with van der Waals surface area (Å²) < 4.78 is 16.5. The lowest BCUT2D eigenvalue weighted by Gasteiger charge is -2.10. The molecule has 6 heteroatoms. The van der Waals surface area contributed by atoms with Crippen LogP contribution in [0.3, 0.4) is 0 Å². The van der Waals surface area contributed by atoms with Gasteiger partial charge in [0.1, 0.15) is 24.7 Å². The quantitative estimate of drug-likeness (QED) is 0.365. The van der Waals surface area contributed by atoms with Gasteiger partial charge < -0.3 is 14.2 Å². The predicted molar refractivity (Wildman–Crippen MR) is 110 cm³/mol. The standard InChI is InChI=1S/C22H18ClNO4/c1-3-11-26-16-10-9-15(20(14-16)27-12-4-2)13-19-22(25)28-21(24-19)17-7-5-6-8-18(17)23/h3-10,13-14H,1-2,11-12H2/b19-13-. The van der Waals surface area contributed by atoms with Crippen molar-refractivity contribution in [2.24, 2.45) is 4.99 Å². The van der Waals surface area contributed by atoms with Crippen molar-refractivity contribution < 1.29 is 19.0 Å². The van der Waals surface area contributed by atoms with Crippen molar-refractivity contribution in [3.05, 3.63) is 89.6 Å². The van der Waals surface area contributed by atoms with Crippen molar-refractivity contribution in [2.75, 3.05) is 13.2 Å². The molecule has 142 valence electrons. The van der Waals surface area contributed by atoms with Crippen LogP contribution in [0.4, 0.5) is 0 Å². The van der Waals surface area contributed by atoms with Gasteiger partial charge >= 0.3 is 5.97 Å². The van der Waals surface area contributed by atoms with Crippen LogP contribution in [0.2, 0.25) is 5.02 Å². The Morgan fingerprint density at radius 2 is 1.82 bits per heavy atom. The summed E-state index contributed by atoms with van der Waals surface area (Å²) in [4.78, 5) is 16.6. The number of hydrogen-bond donors (Lipinski definition) is 0. The minimum Gasteiger partial charge on any atom is -0.489 e. The summed E-state index contributed by atoms with van der Waals surface area (Å²) in [5, 5.41) is 0.453. The van der Waals surface area contributed by atoms with E-state index in [1.165, 1.54) is 0 Å². The van der Waals surface area contributed by atoms with Crippen LogP contribution in [0, 0.1) is 0 Å². The van der Waals surface area contributed by atoms with Gasteiger partial charge in [-0.05, 0) is 30.3 Å². The second-order valence-corrected chi connectivity index (χ2v) is 6.12. The smallest absolute Gasteiger partial charge is 0.363 e. The number of hydrogen-bond acceptors (Lipinski definition) is 5. The largest absolute Gasteiger partial charge is 0.489 e. The lowest BCUT2D eigenvalue weighted by Crippen LogP contribution is -2.05. The Hall–Kier alpha value is -3.31. The molecule has 3 rings (SSSR count). The second-order valence-electron chi connectivity index (χ2n) is 5.71. The van der Waals surface area contributed by atoms with Gasteiger partial charge in [0.15, 0.2) is 5.70 Å². The van der Waals surface area contributed by atoms with Gasteiger partial charge in [0.2, 0.25) is 5.90 Å². The molecule has 0 amide bonds. The van der Waals surface area contributed by atoms with E-state index in [2.05, 4.69) is 18.2 Å². The minimum atomic E-state index is -0.559. The summed E-state index contributed by atoms with van der Waals surface area (Å²) in [6.45, 7) is 7.96. The number of carbonyl (C=O) groups is 1. The molecule has 2 aromatic carbocycles. The molecule has 0 N–H and O–H groups in total. The summed E-state index contributed by atoms with van der Waals surface area (Å²) >= 11 is 6.16. The van der Waals surface area contributed by atoms with E-state index >= 15 is 0 Å². The van der Waals surface area contributed by atoms with E-state index in [-0.39, 0.29) is 11.6 Å². The fraction of sp³-hybridized carbons (Fsp3) is 0.0909. The molecule has 5 nitrogen and oxygen atoms in total. The number of carbonyl (C=O) groups excluding carboxylic acids is 1. The maximum absolute atomic E-state index is 12.3. The molecule has 0 atom stereocenters. The van der Waals surface area contributed by atoms with Crippen LogP contribution >= 0.6 is 11.6 Å². The van der Waals surface area contributed by atoms with E-state index in [9.17, 15) is 4.79 Å². The van der Waals surface area contributed by atoms with E-state index in [0.29, 0.717) is 40.9 Å². The number of cyclic esters (lactones) is 1. The topological polar surface area (TPSA) is 57.1 Å². The Morgan fingerprint density at radius 1 is 1.07 bits per heavy atom. The SMILES string of the molecule is C=CCOc1ccc(/C=C2\N=C(c3ccccc3Cl)OC2=O)c(OCC=C)c1. The predicted octanol–water partition coefficient (Wildman–Crippen LogP) is 4.81. The summed E-state index contributed by atoms with van der Waals surface area (Å²) in [6, 6.07) is 12.3. The zero-order valence-corrected chi connectivity index (χ0v) is 15.8. The van der Waals surface area contributed by atoms with Crippen LogP contribution in [-0.2, 0) is 9.53 Å². The van der Waals surface area contributed by atoms with Crippen molar-refractivity contribution >= 4 is 29.5 Å². The van der Waals surface area contributed by atoms with Crippen LogP contribution in [0.5, 0.6) is 11.5 Å². The van der Waals surface area contributed by atoms with E-state index < -0.39 is 5.97 Å². The first-order valence-corrected chi connectivity index (χ1v) is 8.89. The van der Waals surface area contributed by atoms with Crippen LogP contribution in [0.1, 0.15) is 11.1 Å². The first kappa shape index (κ1) is 19.5. The number of halogens is 1. The zero-order chi connectivity index (χ0) is 19.9. The molecular weight excluding hydrogens is 378 g/mol. The van der Waals surface area contributed by atoms with Crippen molar-refractivity contribution in [3.8, 4) is 11.5 Å². The van der Waals surface area contributed by atoms with Gasteiger partial charge in [-0.15, -0.1) is 0 Å². The van der Waals surface area contributed by atoms with Gasteiger partial charge in [-0.2, -0.15) is 0 Å². The highest BCUT2D eigenvalue weighted by Crippen LogP contribution is 2.29. The lowest BCUT2D eigenvalue weighted by molar-refractivity contribution is -0.129. The van der Waals surface area contributed by atoms with Gasteiger partial charge in [-0.1, -0.05) is 49.0 Å². The van der Waals surface area contributed by atoms with Crippen LogP contribution in [0.25, 0.3) is 6.08 Å². The van der Waals surface area contributed by atoms with Crippen LogP contribution < -0.4 is 9.47 Å².